The fourth-order valence-electron chi connectivity index (χ4n) is 3.98. The van der Waals surface area contributed by atoms with Crippen molar-refractivity contribution in [3.63, 3.8) is 0 Å². The van der Waals surface area contributed by atoms with E-state index in [1.165, 1.54) is 25.7 Å². The number of nitrogens with one attached hydrogen (secondary N) is 1. The molecule has 1 heterocycles. The second kappa shape index (κ2) is 5.40. The van der Waals surface area contributed by atoms with Crippen molar-refractivity contribution in [3.05, 3.63) is 12.4 Å². The van der Waals surface area contributed by atoms with Crippen LogP contribution in [0, 0.1) is 5.41 Å². The van der Waals surface area contributed by atoms with Gasteiger partial charge < -0.3 is 10.1 Å². The van der Waals surface area contributed by atoms with Gasteiger partial charge in [0.05, 0.1) is 12.4 Å². The minimum atomic E-state index is 0.374. The van der Waals surface area contributed by atoms with Crippen LogP contribution in [0.25, 0.3) is 0 Å². The van der Waals surface area contributed by atoms with Gasteiger partial charge >= 0.3 is 0 Å². The molecule has 112 valence electrons. The second-order valence-electron chi connectivity index (χ2n) is 6.64. The predicted octanol–water partition coefficient (Wildman–Crippen LogP) is 3.15. The first-order chi connectivity index (χ1) is 9.65. The van der Waals surface area contributed by atoms with Crippen molar-refractivity contribution in [1.82, 2.24) is 15.1 Å². The third-order valence-electron chi connectivity index (χ3n) is 5.16. The van der Waals surface area contributed by atoms with E-state index in [0.29, 0.717) is 23.6 Å². The molecule has 0 radical (unpaired) electrons. The van der Waals surface area contributed by atoms with Crippen molar-refractivity contribution in [2.24, 2.45) is 5.41 Å². The summed E-state index contributed by atoms with van der Waals surface area (Å²) in [6.45, 7) is 7.54. The van der Waals surface area contributed by atoms with Crippen LogP contribution < -0.4 is 10.1 Å². The van der Waals surface area contributed by atoms with Gasteiger partial charge in [-0.2, -0.15) is 5.10 Å². The lowest BCUT2D eigenvalue weighted by atomic mass is 9.60. The molecule has 0 aliphatic heterocycles. The van der Waals surface area contributed by atoms with Crippen LogP contribution in [0.15, 0.2) is 12.4 Å². The summed E-state index contributed by atoms with van der Waals surface area (Å²) in [5.41, 5.74) is 0.385. The Morgan fingerprint density at radius 2 is 2.20 bits per heavy atom. The van der Waals surface area contributed by atoms with Crippen LogP contribution in [-0.2, 0) is 0 Å². The molecule has 20 heavy (non-hydrogen) atoms. The summed E-state index contributed by atoms with van der Waals surface area (Å²) in [6.07, 6.45) is 10.7. The third kappa shape index (κ3) is 2.24. The predicted molar refractivity (Wildman–Crippen MR) is 80.0 cm³/mol. The molecule has 2 atom stereocenters. The summed E-state index contributed by atoms with van der Waals surface area (Å²) in [6, 6.07) is 1.05. The van der Waals surface area contributed by atoms with E-state index in [1.807, 2.05) is 17.1 Å². The van der Waals surface area contributed by atoms with E-state index in [-0.39, 0.29) is 0 Å². The van der Waals surface area contributed by atoms with E-state index >= 15 is 0 Å². The standard InChI is InChI=1S/C16H27N3O/c1-4-17-14-9-15(16(14)7-5-6-8-16)20-13-10-18-19(11-13)12(2)3/h10-12,14-15,17H,4-9H2,1-3H3. The largest absolute Gasteiger partial charge is 0.486 e. The highest BCUT2D eigenvalue weighted by atomic mass is 16.5. The molecule has 3 rings (SSSR count). The highest BCUT2D eigenvalue weighted by molar-refractivity contribution is 5.18. The molecule has 0 aromatic carbocycles. The lowest BCUT2D eigenvalue weighted by Crippen LogP contribution is -2.63. The lowest BCUT2D eigenvalue weighted by Gasteiger charge is -2.53. The molecule has 1 aromatic heterocycles. The van der Waals surface area contributed by atoms with Crippen LogP contribution in [-0.4, -0.2) is 28.5 Å². The summed E-state index contributed by atoms with van der Waals surface area (Å²) in [5, 5.41) is 8.03. The Kier molecular flexibility index (Phi) is 3.76. The van der Waals surface area contributed by atoms with Gasteiger partial charge in [0.25, 0.3) is 0 Å². The first-order valence-corrected chi connectivity index (χ1v) is 8.10. The van der Waals surface area contributed by atoms with E-state index in [2.05, 4.69) is 31.2 Å². The zero-order valence-corrected chi connectivity index (χ0v) is 12.9. The summed E-state index contributed by atoms with van der Waals surface area (Å²) in [4.78, 5) is 0. The maximum Gasteiger partial charge on any atom is 0.157 e. The van der Waals surface area contributed by atoms with E-state index in [4.69, 9.17) is 4.74 Å². The Hall–Kier alpha value is -1.03. The number of hydrogen-bond acceptors (Lipinski definition) is 3. The van der Waals surface area contributed by atoms with Crippen LogP contribution in [0.4, 0.5) is 0 Å². The van der Waals surface area contributed by atoms with Gasteiger partial charge in [0, 0.05) is 23.9 Å². The van der Waals surface area contributed by atoms with Gasteiger partial charge in [-0.25, -0.2) is 0 Å². The highest BCUT2D eigenvalue weighted by Crippen LogP contribution is 2.54. The van der Waals surface area contributed by atoms with Gasteiger partial charge in [0.2, 0.25) is 0 Å². The number of hydrogen-bond donors (Lipinski definition) is 1. The fourth-order valence-corrected chi connectivity index (χ4v) is 3.98. The Morgan fingerprint density at radius 3 is 2.80 bits per heavy atom. The molecule has 2 fully saturated rings. The minimum Gasteiger partial charge on any atom is -0.486 e. The molecule has 1 N–H and O–H groups in total. The summed E-state index contributed by atoms with van der Waals surface area (Å²) in [7, 11) is 0. The quantitative estimate of drug-likeness (QED) is 0.898. The summed E-state index contributed by atoms with van der Waals surface area (Å²) >= 11 is 0. The lowest BCUT2D eigenvalue weighted by molar-refractivity contribution is -0.0756. The van der Waals surface area contributed by atoms with Gasteiger partial charge in [0.1, 0.15) is 6.10 Å². The number of nitrogens with zero attached hydrogens (tertiary/aromatic N) is 2. The first kappa shape index (κ1) is 13.9. The molecule has 4 heteroatoms. The molecule has 0 amide bonds. The van der Waals surface area contributed by atoms with Gasteiger partial charge in [-0.15, -0.1) is 0 Å². The smallest absolute Gasteiger partial charge is 0.157 e. The van der Waals surface area contributed by atoms with E-state index < -0.39 is 0 Å². The molecular formula is C16H27N3O. The third-order valence-corrected chi connectivity index (χ3v) is 5.16. The zero-order chi connectivity index (χ0) is 14.2. The van der Waals surface area contributed by atoms with Crippen LogP contribution in [0.5, 0.6) is 5.75 Å². The summed E-state index contributed by atoms with van der Waals surface area (Å²) in [5.74, 6) is 0.935. The topological polar surface area (TPSA) is 39.1 Å². The molecule has 2 saturated carbocycles. The van der Waals surface area contributed by atoms with Gasteiger partial charge in [0.15, 0.2) is 5.75 Å². The van der Waals surface area contributed by atoms with Crippen molar-refractivity contribution < 1.29 is 4.74 Å². The average Bonchev–Trinajstić information content (AvgIpc) is 3.08. The van der Waals surface area contributed by atoms with Gasteiger partial charge in [-0.1, -0.05) is 19.8 Å². The SMILES string of the molecule is CCNC1CC(Oc2cnn(C(C)C)c2)C12CCCC2. The van der Waals surface area contributed by atoms with Crippen molar-refractivity contribution in [3.8, 4) is 5.75 Å². The van der Waals surface area contributed by atoms with Crippen LogP contribution >= 0.6 is 0 Å². The Balaban J connectivity index is 1.68. The van der Waals surface area contributed by atoms with Crippen molar-refractivity contribution in [1.29, 1.82) is 0 Å². The number of rotatable bonds is 5. The normalized spacial score (nSPS) is 28.0. The Labute approximate surface area is 121 Å². The van der Waals surface area contributed by atoms with Crippen LogP contribution in [0.2, 0.25) is 0 Å². The molecule has 1 spiro atoms. The maximum atomic E-state index is 6.27. The average molecular weight is 277 g/mol. The van der Waals surface area contributed by atoms with E-state index in [9.17, 15) is 0 Å². The van der Waals surface area contributed by atoms with Crippen LogP contribution in [0.1, 0.15) is 58.9 Å². The molecule has 4 nitrogen and oxygen atoms in total. The summed E-state index contributed by atoms with van der Waals surface area (Å²) < 4.78 is 8.24. The van der Waals surface area contributed by atoms with Crippen molar-refractivity contribution >= 4 is 0 Å². The van der Waals surface area contributed by atoms with Gasteiger partial charge in [-0.3, -0.25) is 4.68 Å². The van der Waals surface area contributed by atoms with Crippen molar-refractivity contribution in [2.45, 2.75) is 71.1 Å². The zero-order valence-electron chi connectivity index (χ0n) is 12.9. The van der Waals surface area contributed by atoms with Gasteiger partial charge in [-0.05, 0) is 33.2 Å². The molecule has 1 aromatic rings. The Morgan fingerprint density at radius 1 is 1.45 bits per heavy atom. The highest BCUT2D eigenvalue weighted by Gasteiger charge is 2.57. The Bertz CT molecular complexity index is 448. The number of ether oxygens (including phenoxy) is 1. The van der Waals surface area contributed by atoms with E-state index in [0.717, 1.165) is 18.7 Å². The maximum absolute atomic E-state index is 6.27. The molecule has 2 aliphatic carbocycles. The molecular weight excluding hydrogens is 250 g/mol. The molecule has 0 bridgehead atoms. The number of aromatic nitrogens is 2. The monoisotopic (exact) mass is 277 g/mol. The first-order valence-electron chi connectivity index (χ1n) is 8.10. The minimum absolute atomic E-state index is 0.374. The molecule has 2 unspecified atom stereocenters. The van der Waals surface area contributed by atoms with Crippen molar-refractivity contribution in [2.75, 3.05) is 6.54 Å². The molecule has 2 aliphatic rings. The second-order valence-corrected chi connectivity index (χ2v) is 6.64. The van der Waals surface area contributed by atoms with E-state index in [1.54, 1.807) is 0 Å². The fraction of sp³-hybridized carbons (Fsp3) is 0.812. The molecule has 0 saturated heterocycles. The van der Waals surface area contributed by atoms with Crippen LogP contribution in [0.3, 0.4) is 0 Å².